The van der Waals surface area contributed by atoms with Crippen molar-refractivity contribution in [3.63, 3.8) is 0 Å². The van der Waals surface area contributed by atoms with E-state index in [0.717, 1.165) is 12.8 Å². The van der Waals surface area contributed by atoms with E-state index in [0.29, 0.717) is 32.4 Å². The Balaban J connectivity index is 2.42. The largest absolute Gasteiger partial charge is 0.339 e. The number of carbonyl (C=O) groups excluding carboxylic acids is 2. The minimum absolute atomic E-state index is 0.110. The molecule has 3 heteroatoms. The number of likely N-dealkylation sites (tertiary alicyclic amines) is 1. The Kier molecular flexibility index (Phi) is 6.54. The molecule has 106 valence electrons. The summed E-state index contributed by atoms with van der Waals surface area (Å²) in [7, 11) is 0. The maximum Gasteiger partial charge on any atom is 0.223 e. The zero-order chi connectivity index (χ0) is 14.3. The van der Waals surface area contributed by atoms with Gasteiger partial charge in [0, 0.05) is 32.4 Å². The van der Waals surface area contributed by atoms with Crippen LogP contribution < -0.4 is 0 Å². The predicted octanol–water partition coefficient (Wildman–Crippen LogP) is 3.26. The van der Waals surface area contributed by atoms with Crippen LogP contribution in [0.2, 0.25) is 0 Å². The van der Waals surface area contributed by atoms with Crippen LogP contribution in [0.15, 0.2) is 23.3 Å². The molecule has 1 heterocycles. The van der Waals surface area contributed by atoms with Gasteiger partial charge in [0.25, 0.3) is 0 Å². The monoisotopic (exact) mass is 263 g/mol. The minimum Gasteiger partial charge on any atom is -0.339 e. The van der Waals surface area contributed by atoms with Gasteiger partial charge in [-0.1, -0.05) is 23.3 Å². The average Bonchev–Trinajstić information content (AvgIpc) is 2.50. The van der Waals surface area contributed by atoms with E-state index in [1.165, 1.54) is 11.1 Å². The maximum atomic E-state index is 11.8. The molecule has 19 heavy (non-hydrogen) atoms. The highest BCUT2D eigenvalue weighted by Gasteiger charge is 2.19. The molecule has 3 nitrogen and oxygen atoms in total. The van der Waals surface area contributed by atoms with E-state index >= 15 is 0 Å². The molecule has 0 unspecified atom stereocenters. The van der Waals surface area contributed by atoms with Crippen LogP contribution in [0.25, 0.3) is 0 Å². The Morgan fingerprint density at radius 2 is 1.84 bits per heavy atom. The summed E-state index contributed by atoms with van der Waals surface area (Å²) in [5, 5.41) is 0. The number of ketones is 1. The fraction of sp³-hybridized carbons (Fsp3) is 0.625. The quantitative estimate of drug-likeness (QED) is 0.714. The second-order valence-electron chi connectivity index (χ2n) is 5.50. The van der Waals surface area contributed by atoms with E-state index in [4.69, 9.17) is 0 Å². The number of hydrogen-bond acceptors (Lipinski definition) is 2. The first kappa shape index (κ1) is 15.7. The van der Waals surface area contributed by atoms with Gasteiger partial charge in [-0.15, -0.1) is 0 Å². The molecule has 0 atom stereocenters. The second kappa shape index (κ2) is 7.93. The average molecular weight is 263 g/mol. The van der Waals surface area contributed by atoms with Crippen molar-refractivity contribution in [2.24, 2.45) is 0 Å². The Morgan fingerprint density at radius 3 is 2.53 bits per heavy atom. The number of nitrogens with zero attached hydrogens (tertiary/aromatic N) is 1. The van der Waals surface area contributed by atoms with Crippen molar-refractivity contribution in [2.75, 3.05) is 13.1 Å². The molecule has 1 saturated heterocycles. The van der Waals surface area contributed by atoms with E-state index < -0.39 is 0 Å². The third-order valence-corrected chi connectivity index (χ3v) is 3.38. The molecule has 0 aromatic heterocycles. The topological polar surface area (TPSA) is 37.4 Å². The zero-order valence-electron chi connectivity index (χ0n) is 12.4. The van der Waals surface area contributed by atoms with Crippen LogP contribution in [0.5, 0.6) is 0 Å². The SMILES string of the molecule is CC(C)=CCCC(C)=CCN1CCC(=O)CCC1=O. The number of rotatable bonds is 5. The lowest BCUT2D eigenvalue weighted by Gasteiger charge is -2.18. The van der Waals surface area contributed by atoms with Gasteiger partial charge in [0.2, 0.25) is 5.91 Å². The van der Waals surface area contributed by atoms with E-state index in [1.54, 1.807) is 4.90 Å². The highest BCUT2D eigenvalue weighted by molar-refractivity contribution is 5.87. The summed E-state index contributed by atoms with van der Waals surface area (Å²) in [6, 6.07) is 0. The summed E-state index contributed by atoms with van der Waals surface area (Å²) in [5.74, 6) is 0.319. The first-order chi connectivity index (χ1) is 8.99. The van der Waals surface area contributed by atoms with Gasteiger partial charge in [-0.3, -0.25) is 9.59 Å². The molecule has 0 radical (unpaired) electrons. The first-order valence-electron chi connectivity index (χ1n) is 7.07. The molecule has 0 N–H and O–H groups in total. The van der Waals surface area contributed by atoms with E-state index in [1.807, 2.05) is 0 Å². The third-order valence-electron chi connectivity index (χ3n) is 3.38. The summed E-state index contributed by atoms with van der Waals surface area (Å²) in [5.41, 5.74) is 2.65. The molecular weight excluding hydrogens is 238 g/mol. The molecule has 1 aliphatic heterocycles. The molecule has 1 aliphatic rings. The van der Waals surface area contributed by atoms with Crippen molar-refractivity contribution in [3.05, 3.63) is 23.3 Å². The van der Waals surface area contributed by atoms with Crippen LogP contribution in [0, 0.1) is 0 Å². The van der Waals surface area contributed by atoms with Crippen LogP contribution >= 0.6 is 0 Å². The minimum atomic E-state index is 0.110. The van der Waals surface area contributed by atoms with Crippen molar-refractivity contribution >= 4 is 11.7 Å². The Hall–Kier alpha value is -1.38. The molecule has 0 bridgehead atoms. The normalized spacial score (nSPS) is 17.4. The number of hydrogen-bond donors (Lipinski definition) is 0. The molecular formula is C16H25NO2. The van der Waals surface area contributed by atoms with Crippen LogP contribution in [0.1, 0.15) is 52.9 Å². The molecule has 0 aliphatic carbocycles. The van der Waals surface area contributed by atoms with Gasteiger partial charge in [0.1, 0.15) is 5.78 Å². The molecule has 1 fully saturated rings. The van der Waals surface area contributed by atoms with Crippen LogP contribution in [0.4, 0.5) is 0 Å². The van der Waals surface area contributed by atoms with E-state index in [9.17, 15) is 9.59 Å². The Bertz CT molecular complexity index is 390. The lowest BCUT2D eigenvalue weighted by molar-refractivity contribution is -0.130. The Labute approximate surface area is 116 Å². The van der Waals surface area contributed by atoms with Gasteiger partial charge < -0.3 is 4.90 Å². The predicted molar refractivity (Wildman–Crippen MR) is 77.9 cm³/mol. The smallest absolute Gasteiger partial charge is 0.223 e. The fourth-order valence-electron chi connectivity index (χ4n) is 2.06. The number of amides is 1. The number of Topliss-reactive ketones (excluding diaryl/α,β-unsaturated/α-hetero) is 1. The summed E-state index contributed by atoms with van der Waals surface area (Å²) in [6.45, 7) is 7.53. The van der Waals surface area contributed by atoms with Gasteiger partial charge in [-0.2, -0.15) is 0 Å². The zero-order valence-corrected chi connectivity index (χ0v) is 12.4. The van der Waals surface area contributed by atoms with Crippen molar-refractivity contribution in [2.45, 2.75) is 52.9 Å². The summed E-state index contributed by atoms with van der Waals surface area (Å²) >= 11 is 0. The molecule has 0 spiro atoms. The van der Waals surface area contributed by atoms with Crippen molar-refractivity contribution in [1.29, 1.82) is 0 Å². The standard InChI is InChI=1S/C16H25NO2/c1-13(2)5-4-6-14(3)9-11-17-12-10-15(18)7-8-16(17)19/h5,9H,4,6-8,10-12H2,1-3H3. The Morgan fingerprint density at radius 1 is 1.11 bits per heavy atom. The fourth-order valence-corrected chi connectivity index (χ4v) is 2.06. The lowest BCUT2D eigenvalue weighted by atomic mass is 10.1. The number of allylic oxidation sites excluding steroid dienone is 3. The van der Waals surface area contributed by atoms with Gasteiger partial charge in [-0.05, 0) is 33.6 Å². The summed E-state index contributed by atoms with van der Waals surface area (Å²) in [4.78, 5) is 24.9. The van der Waals surface area contributed by atoms with E-state index in [2.05, 4.69) is 32.9 Å². The molecule has 0 saturated carbocycles. The van der Waals surface area contributed by atoms with Gasteiger partial charge in [0.05, 0.1) is 0 Å². The van der Waals surface area contributed by atoms with E-state index in [-0.39, 0.29) is 11.7 Å². The molecule has 1 rings (SSSR count). The third kappa shape index (κ3) is 6.37. The van der Waals surface area contributed by atoms with Crippen LogP contribution in [0.3, 0.4) is 0 Å². The first-order valence-corrected chi connectivity index (χ1v) is 7.07. The molecule has 0 aromatic carbocycles. The summed E-state index contributed by atoms with van der Waals surface area (Å²) in [6.07, 6.45) is 7.74. The highest BCUT2D eigenvalue weighted by Crippen LogP contribution is 2.11. The molecule has 0 aromatic rings. The summed E-state index contributed by atoms with van der Waals surface area (Å²) < 4.78 is 0. The van der Waals surface area contributed by atoms with Gasteiger partial charge >= 0.3 is 0 Å². The van der Waals surface area contributed by atoms with Crippen molar-refractivity contribution in [3.8, 4) is 0 Å². The van der Waals surface area contributed by atoms with Crippen LogP contribution in [-0.4, -0.2) is 29.7 Å². The van der Waals surface area contributed by atoms with Crippen molar-refractivity contribution < 1.29 is 9.59 Å². The van der Waals surface area contributed by atoms with Gasteiger partial charge in [0.15, 0.2) is 0 Å². The van der Waals surface area contributed by atoms with Crippen LogP contribution in [-0.2, 0) is 9.59 Å². The van der Waals surface area contributed by atoms with Gasteiger partial charge in [-0.25, -0.2) is 0 Å². The molecule has 1 amide bonds. The van der Waals surface area contributed by atoms with Crippen molar-refractivity contribution in [1.82, 2.24) is 4.90 Å². The lowest BCUT2D eigenvalue weighted by Crippen LogP contribution is -2.30. The highest BCUT2D eigenvalue weighted by atomic mass is 16.2. The number of carbonyl (C=O) groups is 2. The second-order valence-corrected chi connectivity index (χ2v) is 5.50. The maximum absolute atomic E-state index is 11.8.